The van der Waals surface area contributed by atoms with Crippen LogP contribution < -0.4 is 0 Å². The third-order valence-electron chi connectivity index (χ3n) is 3.70. The monoisotopic (exact) mass is 425 g/mol. The molecule has 5 nitrogen and oxygen atoms in total. The summed E-state index contributed by atoms with van der Waals surface area (Å²) in [5.41, 5.74) is 1.06. The van der Waals surface area contributed by atoms with E-state index < -0.39 is 16.0 Å². The normalized spacial score (nSPS) is 11.5. The number of sulfonamides is 1. The van der Waals surface area contributed by atoms with Gasteiger partial charge in [-0.3, -0.25) is 0 Å². The molecule has 0 radical (unpaired) electrons. The van der Waals surface area contributed by atoms with Crippen LogP contribution in [0, 0.1) is 0 Å². The largest absolute Gasteiger partial charge is 0.457 e. The van der Waals surface area contributed by atoms with Crippen LogP contribution >= 0.6 is 15.9 Å². The van der Waals surface area contributed by atoms with Crippen LogP contribution in [-0.2, 0) is 21.4 Å². The second kappa shape index (κ2) is 8.60. The lowest BCUT2D eigenvalue weighted by Gasteiger charge is -2.19. The van der Waals surface area contributed by atoms with Crippen molar-refractivity contribution in [1.82, 2.24) is 4.31 Å². The lowest BCUT2D eigenvalue weighted by molar-refractivity contribution is 0.0472. The van der Waals surface area contributed by atoms with Gasteiger partial charge in [0.2, 0.25) is 10.0 Å². The van der Waals surface area contributed by atoms with E-state index in [4.69, 9.17) is 4.74 Å². The molecule has 0 bridgehead atoms. The second-order valence-electron chi connectivity index (χ2n) is 5.30. The molecule has 25 heavy (non-hydrogen) atoms. The predicted molar refractivity (Wildman–Crippen MR) is 99.8 cm³/mol. The van der Waals surface area contributed by atoms with Crippen molar-refractivity contribution in [2.75, 3.05) is 13.1 Å². The van der Waals surface area contributed by atoms with Crippen LogP contribution in [0.1, 0.15) is 29.8 Å². The number of carbonyl (C=O) groups excluding carboxylic acids is 1. The first kappa shape index (κ1) is 19.6. The van der Waals surface area contributed by atoms with E-state index in [0.717, 1.165) is 5.56 Å². The fourth-order valence-corrected chi connectivity index (χ4v) is 4.75. The van der Waals surface area contributed by atoms with Gasteiger partial charge in [0.1, 0.15) is 6.61 Å². The van der Waals surface area contributed by atoms with Gasteiger partial charge in [0.15, 0.2) is 0 Å². The first-order valence-electron chi connectivity index (χ1n) is 7.90. The molecule has 0 aliphatic rings. The van der Waals surface area contributed by atoms with Gasteiger partial charge in [0, 0.05) is 17.6 Å². The van der Waals surface area contributed by atoms with Gasteiger partial charge < -0.3 is 4.74 Å². The molecule has 0 spiro atoms. The standard InChI is InChI=1S/C18H20BrNO4S/c1-3-20(4-2)25(22,23)17-12-15(10-11-16(17)19)18(21)24-13-14-8-6-5-7-9-14/h5-12H,3-4,13H2,1-2H3. The van der Waals surface area contributed by atoms with Crippen molar-refractivity contribution in [3.8, 4) is 0 Å². The van der Waals surface area contributed by atoms with Crippen LogP contribution in [0.5, 0.6) is 0 Å². The third kappa shape index (κ3) is 4.68. The summed E-state index contributed by atoms with van der Waals surface area (Å²) in [6.45, 7) is 4.38. The molecular formula is C18H20BrNO4S. The third-order valence-corrected chi connectivity index (χ3v) is 6.75. The Bertz CT molecular complexity index is 833. The van der Waals surface area contributed by atoms with Crippen LogP contribution in [0.2, 0.25) is 0 Å². The molecule has 2 aromatic rings. The van der Waals surface area contributed by atoms with Crippen molar-refractivity contribution in [2.24, 2.45) is 0 Å². The average molecular weight is 426 g/mol. The molecule has 0 unspecified atom stereocenters. The van der Waals surface area contributed by atoms with Gasteiger partial charge in [0.05, 0.1) is 10.5 Å². The Kier molecular flexibility index (Phi) is 6.75. The van der Waals surface area contributed by atoms with Gasteiger partial charge in [-0.05, 0) is 39.7 Å². The smallest absolute Gasteiger partial charge is 0.338 e. The Morgan fingerprint density at radius 1 is 1.08 bits per heavy atom. The molecule has 0 atom stereocenters. The summed E-state index contributed by atoms with van der Waals surface area (Å²) in [5.74, 6) is -0.563. The van der Waals surface area contributed by atoms with Crippen molar-refractivity contribution >= 4 is 31.9 Å². The Morgan fingerprint density at radius 2 is 1.72 bits per heavy atom. The highest BCUT2D eigenvalue weighted by molar-refractivity contribution is 9.10. The number of rotatable bonds is 7. The fourth-order valence-electron chi connectivity index (χ4n) is 2.34. The first-order chi connectivity index (χ1) is 11.9. The van der Waals surface area contributed by atoms with Crippen LogP contribution in [0.4, 0.5) is 0 Å². The maximum atomic E-state index is 12.7. The second-order valence-corrected chi connectivity index (χ2v) is 8.06. The topological polar surface area (TPSA) is 63.7 Å². The molecule has 0 amide bonds. The van der Waals surface area contributed by atoms with E-state index in [9.17, 15) is 13.2 Å². The van der Waals surface area contributed by atoms with Crippen molar-refractivity contribution in [2.45, 2.75) is 25.3 Å². The highest BCUT2D eigenvalue weighted by Gasteiger charge is 2.25. The minimum absolute atomic E-state index is 0.0605. The molecule has 134 valence electrons. The van der Waals surface area contributed by atoms with Gasteiger partial charge in [-0.2, -0.15) is 4.31 Å². The molecule has 7 heteroatoms. The summed E-state index contributed by atoms with van der Waals surface area (Å²) < 4.78 is 32.5. The molecule has 0 saturated heterocycles. The van der Waals surface area contributed by atoms with Gasteiger partial charge in [0.25, 0.3) is 0 Å². The van der Waals surface area contributed by atoms with Crippen molar-refractivity contribution in [3.63, 3.8) is 0 Å². The zero-order chi connectivity index (χ0) is 18.4. The highest BCUT2D eigenvalue weighted by atomic mass is 79.9. The van der Waals surface area contributed by atoms with Crippen LogP contribution in [-0.4, -0.2) is 31.8 Å². The summed E-state index contributed by atoms with van der Waals surface area (Å²) in [6.07, 6.45) is 0. The fraction of sp³-hybridized carbons (Fsp3) is 0.278. The molecule has 0 N–H and O–H groups in total. The van der Waals surface area contributed by atoms with Gasteiger partial charge in [-0.1, -0.05) is 44.2 Å². The van der Waals surface area contributed by atoms with Crippen LogP contribution in [0.25, 0.3) is 0 Å². The van der Waals surface area contributed by atoms with E-state index >= 15 is 0 Å². The maximum Gasteiger partial charge on any atom is 0.338 e. The lowest BCUT2D eigenvalue weighted by Crippen LogP contribution is -2.31. The van der Waals surface area contributed by atoms with Gasteiger partial charge in [-0.15, -0.1) is 0 Å². The van der Waals surface area contributed by atoms with E-state index in [-0.39, 0.29) is 17.1 Å². The minimum atomic E-state index is -3.68. The predicted octanol–water partition coefficient (Wildman–Crippen LogP) is 3.84. The summed E-state index contributed by atoms with van der Waals surface area (Å²) in [4.78, 5) is 12.3. The molecule has 2 rings (SSSR count). The van der Waals surface area contributed by atoms with E-state index in [1.807, 2.05) is 30.3 Å². The van der Waals surface area contributed by atoms with E-state index in [1.165, 1.54) is 10.4 Å². The molecule has 0 aromatic heterocycles. The zero-order valence-electron chi connectivity index (χ0n) is 14.1. The molecule has 0 fully saturated rings. The Balaban J connectivity index is 2.24. The molecular weight excluding hydrogens is 406 g/mol. The van der Waals surface area contributed by atoms with Crippen LogP contribution in [0.15, 0.2) is 57.9 Å². The van der Waals surface area contributed by atoms with E-state index in [0.29, 0.717) is 17.6 Å². The minimum Gasteiger partial charge on any atom is -0.457 e. The first-order valence-corrected chi connectivity index (χ1v) is 10.1. The average Bonchev–Trinajstić information content (AvgIpc) is 2.61. The maximum absolute atomic E-state index is 12.7. The summed E-state index contributed by atoms with van der Waals surface area (Å²) >= 11 is 3.26. The Morgan fingerprint density at radius 3 is 2.32 bits per heavy atom. The molecule has 0 heterocycles. The number of nitrogens with zero attached hydrogens (tertiary/aromatic N) is 1. The number of halogens is 1. The highest BCUT2D eigenvalue weighted by Crippen LogP contribution is 2.26. The number of carbonyl (C=O) groups is 1. The Labute approximate surface area is 156 Å². The molecule has 0 aliphatic carbocycles. The van der Waals surface area contributed by atoms with Gasteiger partial charge in [-0.25, -0.2) is 13.2 Å². The lowest BCUT2D eigenvalue weighted by atomic mass is 10.2. The molecule has 0 saturated carbocycles. The Hall–Kier alpha value is -1.70. The van der Waals surface area contributed by atoms with E-state index in [2.05, 4.69) is 15.9 Å². The van der Waals surface area contributed by atoms with E-state index in [1.54, 1.807) is 26.0 Å². The number of ether oxygens (including phenoxy) is 1. The van der Waals surface area contributed by atoms with Crippen molar-refractivity contribution in [1.29, 1.82) is 0 Å². The summed E-state index contributed by atoms with van der Waals surface area (Å²) in [7, 11) is -3.68. The molecule has 0 aliphatic heterocycles. The van der Waals surface area contributed by atoms with Crippen molar-refractivity contribution in [3.05, 3.63) is 64.1 Å². The quantitative estimate of drug-likeness (QED) is 0.632. The zero-order valence-corrected chi connectivity index (χ0v) is 16.5. The summed E-state index contributed by atoms with van der Waals surface area (Å²) in [6, 6.07) is 13.7. The van der Waals surface area contributed by atoms with Gasteiger partial charge >= 0.3 is 5.97 Å². The number of hydrogen-bond donors (Lipinski definition) is 0. The summed E-state index contributed by atoms with van der Waals surface area (Å²) in [5, 5.41) is 0. The van der Waals surface area contributed by atoms with Crippen molar-refractivity contribution < 1.29 is 17.9 Å². The SMILES string of the molecule is CCN(CC)S(=O)(=O)c1cc(C(=O)OCc2ccccc2)ccc1Br. The van der Waals surface area contributed by atoms with Crippen LogP contribution in [0.3, 0.4) is 0 Å². The number of esters is 1. The number of benzene rings is 2. The number of hydrogen-bond acceptors (Lipinski definition) is 4. The molecule has 2 aromatic carbocycles.